The van der Waals surface area contributed by atoms with E-state index >= 15 is 0 Å². The zero-order valence-corrected chi connectivity index (χ0v) is 12.5. The molecule has 0 heterocycles. The molecule has 0 aromatic heterocycles. The Morgan fingerprint density at radius 3 is 2.32 bits per heavy atom. The summed E-state index contributed by atoms with van der Waals surface area (Å²) < 4.78 is 5.98. The molecule has 1 saturated carbocycles. The summed E-state index contributed by atoms with van der Waals surface area (Å²) in [5.41, 5.74) is 1.19. The summed E-state index contributed by atoms with van der Waals surface area (Å²) in [7, 11) is 0. The van der Waals surface area contributed by atoms with Crippen molar-refractivity contribution in [2.24, 2.45) is 5.92 Å². The van der Waals surface area contributed by atoms with Crippen LogP contribution in [-0.2, 0) is 0 Å². The first-order valence-corrected chi connectivity index (χ1v) is 7.72. The molecule has 2 rings (SSSR count). The molecule has 1 aromatic carbocycles. The number of anilines is 1. The van der Waals surface area contributed by atoms with Crippen molar-refractivity contribution < 1.29 is 4.74 Å². The molecule has 0 amide bonds. The Kier molecular flexibility index (Phi) is 5.12. The molecule has 1 aliphatic carbocycles. The first kappa shape index (κ1) is 14.2. The highest BCUT2D eigenvalue weighted by Gasteiger charge is 2.16. The largest absolute Gasteiger partial charge is 0.490 e. The smallest absolute Gasteiger partial charge is 0.119 e. The van der Waals surface area contributed by atoms with Gasteiger partial charge in [0, 0.05) is 11.7 Å². The van der Waals surface area contributed by atoms with E-state index in [1.807, 2.05) is 0 Å². The summed E-state index contributed by atoms with van der Waals surface area (Å²) in [5.74, 6) is 1.66. The molecule has 1 aliphatic rings. The van der Waals surface area contributed by atoms with Gasteiger partial charge >= 0.3 is 0 Å². The number of nitrogens with one attached hydrogen (secondary N) is 1. The average Bonchev–Trinajstić information content (AvgIpc) is 2.90. The molecule has 1 aromatic rings. The van der Waals surface area contributed by atoms with E-state index in [1.165, 1.54) is 31.4 Å². The summed E-state index contributed by atoms with van der Waals surface area (Å²) in [6, 6.07) is 8.99. The minimum Gasteiger partial charge on any atom is -0.490 e. The fraction of sp³-hybridized carbons (Fsp3) is 0.647. The lowest BCUT2D eigenvalue weighted by molar-refractivity contribution is 0.210. The SMILES string of the molecule is CCC(Nc1ccc(OC2CCCC2)cc1)C(C)C. The number of rotatable bonds is 6. The minimum atomic E-state index is 0.442. The lowest BCUT2D eigenvalue weighted by Gasteiger charge is -2.22. The van der Waals surface area contributed by atoms with Crippen LogP contribution in [0.25, 0.3) is 0 Å². The van der Waals surface area contributed by atoms with E-state index in [1.54, 1.807) is 0 Å². The average molecular weight is 261 g/mol. The van der Waals surface area contributed by atoms with Crippen LogP contribution in [0.15, 0.2) is 24.3 Å². The fourth-order valence-corrected chi connectivity index (χ4v) is 2.78. The normalized spacial score (nSPS) is 17.7. The van der Waals surface area contributed by atoms with Crippen molar-refractivity contribution >= 4 is 5.69 Å². The molecular weight excluding hydrogens is 234 g/mol. The highest BCUT2D eigenvalue weighted by atomic mass is 16.5. The third-order valence-corrected chi connectivity index (χ3v) is 4.06. The fourth-order valence-electron chi connectivity index (χ4n) is 2.78. The van der Waals surface area contributed by atoms with Gasteiger partial charge in [-0.25, -0.2) is 0 Å². The highest BCUT2D eigenvalue weighted by molar-refractivity contribution is 5.47. The Balaban J connectivity index is 1.90. The van der Waals surface area contributed by atoms with Crippen LogP contribution in [0.1, 0.15) is 52.9 Å². The van der Waals surface area contributed by atoms with E-state index in [9.17, 15) is 0 Å². The van der Waals surface area contributed by atoms with Crippen LogP contribution in [0.3, 0.4) is 0 Å². The van der Waals surface area contributed by atoms with Crippen molar-refractivity contribution in [3.8, 4) is 5.75 Å². The topological polar surface area (TPSA) is 21.3 Å². The summed E-state index contributed by atoms with van der Waals surface area (Å²) in [6.07, 6.45) is 6.65. The summed E-state index contributed by atoms with van der Waals surface area (Å²) >= 11 is 0. The van der Waals surface area contributed by atoms with Crippen LogP contribution in [0.5, 0.6) is 5.75 Å². The van der Waals surface area contributed by atoms with Crippen LogP contribution >= 0.6 is 0 Å². The first-order valence-electron chi connectivity index (χ1n) is 7.72. The van der Waals surface area contributed by atoms with Gasteiger partial charge in [-0.15, -0.1) is 0 Å². The summed E-state index contributed by atoms with van der Waals surface area (Å²) in [4.78, 5) is 0. The Morgan fingerprint density at radius 2 is 1.79 bits per heavy atom. The van der Waals surface area contributed by atoms with E-state index in [2.05, 4.69) is 50.4 Å². The van der Waals surface area contributed by atoms with Gasteiger partial charge in [-0.2, -0.15) is 0 Å². The maximum Gasteiger partial charge on any atom is 0.119 e. The van der Waals surface area contributed by atoms with Crippen LogP contribution in [-0.4, -0.2) is 12.1 Å². The molecule has 1 fully saturated rings. The van der Waals surface area contributed by atoms with Gasteiger partial charge < -0.3 is 10.1 Å². The molecule has 106 valence electrons. The van der Waals surface area contributed by atoms with Crippen molar-refractivity contribution in [2.45, 2.75) is 65.0 Å². The van der Waals surface area contributed by atoms with Crippen molar-refractivity contribution in [2.75, 3.05) is 5.32 Å². The monoisotopic (exact) mass is 261 g/mol. The van der Waals surface area contributed by atoms with Gasteiger partial charge in [-0.3, -0.25) is 0 Å². The number of benzene rings is 1. The second kappa shape index (κ2) is 6.83. The molecule has 0 bridgehead atoms. The second-order valence-corrected chi connectivity index (χ2v) is 5.95. The highest BCUT2D eigenvalue weighted by Crippen LogP contribution is 2.25. The molecule has 2 heteroatoms. The zero-order valence-electron chi connectivity index (χ0n) is 12.5. The minimum absolute atomic E-state index is 0.442. The van der Waals surface area contributed by atoms with E-state index < -0.39 is 0 Å². The lowest BCUT2D eigenvalue weighted by atomic mass is 10.0. The van der Waals surface area contributed by atoms with E-state index in [0.29, 0.717) is 18.1 Å². The quantitative estimate of drug-likeness (QED) is 0.790. The van der Waals surface area contributed by atoms with Crippen molar-refractivity contribution in [1.29, 1.82) is 0 Å². The Hall–Kier alpha value is -1.18. The van der Waals surface area contributed by atoms with Crippen molar-refractivity contribution in [3.05, 3.63) is 24.3 Å². The van der Waals surface area contributed by atoms with Crippen LogP contribution in [0.4, 0.5) is 5.69 Å². The Morgan fingerprint density at radius 1 is 1.16 bits per heavy atom. The van der Waals surface area contributed by atoms with Gasteiger partial charge in [0.15, 0.2) is 0 Å². The van der Waals surface area contributed by atoms with Crippen LogP contribution in [0, 0.1) is 5.92 Å². The maximum atomic E-state index is 5.98. The molecule has 0 radical (unpaired) electrons. The van der Waals surface area contributed by atoms with E-state index in [-0.39, 0.29) is 0 Å². The molecule has 0 saturated heterocycles. The van der Waals surface area contributed by atoms with Gasteiger partial charge in [-0.1, -0.05) is 20.8 Å². The van der Waals surface area contributed by atoms with Crippen LogP contribution in [0.2, 0.25) is 0 Å². The molecule has 1 N–H and O–H groups in total. The molecule has 1 unspecified atom stereocenters. The van der Waals surface area contributed by atoms with Gasteiger partial charge in [-0.05, 0) is 62.3 Å². The van der Waals surface area contributed by atoms with Crippen LogP contribution < -0.4 is 10.1 Å². The number of hydrogen-bond donors (Lipinski definition) is 1. The number of hydrogen-bond acceptors (Lipinski definition) is 2. The summed E-state index contributed by atoms with van der Waals surface area (Å²) in [6.45, 7) is 6.76. The molecule has 19 heavy (non-hydrogen) atoms. The Bertz CT molecular complexity index is 365. The molecule has 0 spiro atoms. The van der Waals surface area contributed by atoms with Gasteiger partial charge in [0.05, 0.1) is 6.10 Å². The zero-order chi connectivity index (χ0) is 13.7. The van der Waals surface area contributed by atoms with Gasteiger partial charge in [0.1, 0.15) is 5.75 Å². The predicted molar refractivity (Wildman–Crippen MR) is 81.9 cm³/mol. The second-order valence-electron chi connectivity index (χ2n) is 5.95. The maximum absolute atomic E-state index is 5.98. The van der Waals surface area contributed by atoms with Gasteiger partial charge in [0.25, 0.3) is 0 Å². The van der Waals surface area contributed by atoms with Crippen molar-refractivity contribution in [3.63, 3.8) is 0 Å². The van der Waals surface area contributed by atoms with Gasteiger partial charge in [0.2, 0.25) is 0 Å². The summed E-state index contributed by atoms with van der Waals surface area (Å²) in [5, 5.41) is 3.59. The van der Waals surface area contributed by atoms with Crippen molar-refractivity contribution in [1.82, 2.24) is 0 Å². The molecule has 0 aliphatic heterocycles. The third-order valence-electron chi connectivity index (χ3n) is 4.06. The number of ether oxygens (including phenoxy) is 1. The molecular formula is C17H27NO. The van der Waals surface area contributed by atoms with E-state index in [4.69, 9.17) is 4.74 Å². The van der Waals surface area contributed by atoms with E-state index in [0.717, 1.165) is 12.2 Å². The molecule has 1 atom stereocenters. The predicted octanol–water partition coefficient (Wildman–Crippen LogP) is 4.85. The Labute approximate surface area is 117 Å². The first-order chi connectivity index (χ1) is 9.19. The molecule has 2 nitrogen and oxygen atoms in total. The lowest BCUT2D eigenvalue weighted by Crippen LogP contribution is -2.24. The standard InChI is InChI=1S/C17H27NO/c1-4-17(13(2)3)18-14-9-11-16(12-10-14)19-15-7-5-6-8-15/h9-13,15,17-18H,4-8H2,1-3H3. The third kappa shape index (κ3) is 4.15.